The average Bonchev–Trinajstić information content (AvgIpc) is 2.78. The lowest BCUT2D eigenvalue weighted by Crippen LogP contribution is -2.25. The molecule has 0 aliphatic carbocycles. The van der Waals surface area contributed by atoms with Gasteiger partial charge in [0.05, 0.1) is 25.5 Å². The summed E-state index contributed by atoms with van der Waals surface area (Å²) in [6.45, 7) is 1.84. The van der Waals surface area contributed by atoms with E-state index in [-0.39, 0.29) is 17.9 Å². The van der Waals surface area contributed by atoms with Crippen LogP contribution in [0.4, 0.5) is 28.9 Å². The molecule has 0 aliphatic heterocycles. The molecular weight excluding hydrogens is 422 g/mol. The van der Waals surface area contributed by atoms with E-state index in [1.54, 1.807) is 12.1 Å². The van der Waals surface area contributed by atoms with Crippen molar-refractivity contribution in [3.8, 4) is 5.75 Å². The third kappa shape index (κ3) is 6.72. The first-order valence-electron chi connectivity index (χ1n) is 10.3. The van der Waals surface area contributed by atoms with Crippen LogP contribution in [0.25, 0.3) is 0 Å². The molecule has 1 N–H and O–H groups in total. The number of halogens is 4. The minimum atomic E-state index is -4.46. The number of nitrogens with one attached hydrogen (secondary N) is 1. The van der Waals surface area contributed by atoms with Gasteiger partial charge < -0.3 is 14.8 Å². The van der Waals surface area contributed by atoms with Gasteiger partial charge in [-0.15, -0.1) is 0 Å². The predicted octanol–water partition coefficient (Wildman–Crippen LogP) is 7.22. The SMILES string of the molecule is CCCOc1ccc(C(COCc2ccc(F)c(Nc3ccccc3)c2)C(F)(F)F)cc1. The number of hydrogen-bond donors (Lipinski definition) is 1. The fraction of sp³-hybridized carbons (Fsp3) is 0.280. The maximum Gasteiger partial charge on any atom is 0.397 e. The Morgan fingerprint density at radius 1 is 0.938 bits per heavy atom. The third-order valence-electron chi connectivity index (χ3n) is 4.79. The zero-order valence-corrected chi connectivity index (χ0v) is 17.7. The lowest BCUT2D eigenvalue weighted by molar-refractivity contribution is -0.163. The highest BCUT2D eigenvalue weighted by atomic mass is 19.4. The number of ether oxygens (including phenoxy) is 2. The quantitative estimate of drug-likeness (QED) is 0.333. The van der Waals surface area contributed by atoms with Crippen molar-refractivity contribution in [2.24, 2.45) is 0 Å². The molecule has 0 fully saturated rings. The summed E-state index contributed by atoms with van der Waals surface area (Å²) in [5, 5.41) is 2.96. The number of hydrogen-bond acceptors (Lipinski definition) is 3. The van der Waals surface area contributed by atoms with Crippen molar-refractivity contribution in [2.75, 3.05) is 18.5 Å². The Kier molecular flexibility index (Phi) is 8.11. The average molecular weight is 447 g/mol. The molecule has 32 heavy (non-hydrogen) atoms. The van der Waals surface area contributed by atoms with Crippen LogP contribution in [-0.4, -0.2) is 19.4 Å². The van der Waals surface area contributed by atoms with Crippen LogP contribution in [0.3, 0.4) is 0 Å². The summed E-state index contributed by atoms with van der Waals surface area (Å²) in [5.41, 5.74) is 1.60. The van der Waals surface area contributed by atoms with E-state index in [9.17, 15) is 17.6 Å². The normalized spacial score (nSPS) is 12.4. The van der Waals surface area contributed by atoms with Gasteiger partial charge in [0.25, 0.3) is 0 Å². The number of alkyl halides is 3. The first kappa shape index (κ1) is 23.6. The van der Waals surface area contributed by atoms with Crippen molar-refractivity contribution in [3.63, 3.8) is 0 Å². The molecule has 0 bridgehead atoms. The standard InChI is InChI=1S/C25H25F4NO2/c1-2-14-32-21-11-9-19(10-12-21)22(25(27,28)29)17-31-16-18-8-13-23(26)24(15-18)30-20-6-4-3-5-7-20/h3-13,15,22,30H,2,14,16-17H2,1H3. The molecule has 0 amide bonds. The van der Waals surface area contributed by atoms with Crippen LogP contribution in [0, 0.1) is 5.82 Å². The van der Waals surface area contributed by atoms with Gasteiger partial charge in [-0.2, -0.15) is 13.2 Å². The Bertz CT molecular complexity index is 975. The van der Waals surface area contributed by atoms with E-state index in [1.807, 2.05) is 25.1 Å². The summed E-state index contributed by atoms with van der Waals surface area (Å²) in [7, 11) is 0. The van der Waals surface area contributed by atoms with Crippen LogP contribution >= 0.6 is 0 Å². The molecule has 1 unspecified atom stereocenters. The van der Waals surface area contributed by atoms with E-state index in [2.05, 4.69) is 5.32 Å². The summed E-state index contributed by atoms with van der Waals surface area (Å²) in [6, 6.07) is 19.2. The van der Waals surface area contributed by atoms with Gasteiger partial charge in [-0.1, -0.05) is 43.3 Å². The van der Waals surface area contributed by atoms with Crippen molar-refractivity contribution in [3.05, 3.63) is 89.7 Å². The van der Waals surface area contributed by atoms with Crippen molar-refractivity contribution in [2.45, 2.75) is 32.0 Å². The van der Waals surface area contributed by atoms with Crippen LogP contribution in [0.1, 0.15) is 30.4 Å². The van der Waals surface area contributed by atoms with Gasteiger partial charge >= 0.3 is 6.18 Å². The maximum atomic E-state index is 14.1. The monoisotopic (exact) mass is 447 g/mol. The molecule has 0 heterocycles. The van der Waals surface area contributed by atoms with Crippen LogP contribution in [0.15, 0.2) is 72.8 Å². The smallest absolute Gasteiger partial charge is 0.397 e. The van der Waals surface area contributed by atoms with E-state index in [1.165, 1.54) is 42.5 Å². The van der Waals surface area contributed by atoms with E-state index >= 15 is 0 Å². The molecule has 3 aromatic carbocycles. The van der Waals surface area contributed by atoms with E-state index in [0.29, 0.717) is 23.6 Å². The zero-order chi connectivity index (χ0) is 23.0. The van der Waals surface area contributed by atoms with Gasteiger partial charge in [0.2, 0.25) is 0 Å². The largest absolute Gasteiger partial charge is 0.494 e. The molecule has 0 spiro atoms. The fourth-order valence-corrected chi connectivity index (χ4v) is 3.13. The van der Waals surface area contributed by atoms with Gasteiger partial charge in [-0.25, -0.2) is 4.39 Å². The maximum absolute atomic E-state index is 14.1. The molecule has 3 rings (SSSR count). The Hall–Kier alpha value is -3.06. The predicted molar refractivity (Wildman–Crippen MR) is 117 cm³/mol. The molecule has 0 aromatic heterocycles. The molecule has 7 heteroatoms. The molecular formula is C25H25F4NO2. The van der Waals surface area contributed by atoms with E-state index in [0.717, 1.165) is 6.42 Å². The van der Waals surface area contributed by atoms with Crippen LogP contribution in [-0.2, 0) is 11.3 Å². The third-order valence-corrected chi connectivity index (χ3v) is 4.79. The van der Waals surface area contributed by atoms with Crippen LogP contribution in [0.2, 0.25) is 0 Å². The number of rotatable bonds is 10. The molecule has 0 radical (unpaired) electrons. The number of para-hydroxylation sites is 1. The molecule has 0 aliphatic rings. The minimum Gasteiger partial charge on any atom is -0.494 e. The fourth-order valence-electron chi connectivity index (χ4n) is 3.13. The zero-order valence-electron chi connectivity index (χ0n) is 17.7. The first-order chi connectivity index (χ1) is 15.4. The molecule has 0 saturated heterocycles. The Morgan fingerprint density at radius 2 is 1.66 bits per heavy atom. The van der Waals surface area contributed by atoms with Gasteiger partial charge in [0.1, 0.15) is 17.5 Å². The van der Waals surface area contributed by atoms with Gasteiger partial charge in [0, 0.05) is 5.69 Å². The van der Waals surface area contributed by atoms with Crippen molar-refractivity contribution in [1.29, 1.82) is 0 Å². The summed E-state index contributed by atoms with van der Waals surface area (Å²) in [6.07, 6.45) is -3.65. The lowest BCUT2D eigenvalue weighted by atomic mass is 9.99. The van der Waals surface area contributed by atoms with E-state index in [4.69, 9.17) is 9.47 Å². The molecule has 0 saturated carbocycles. The van der Waals surface area contributed by atoms with E-state index < -0.39 is 24.5 Å². The highest BCUT2D eigenvalue weighted by Gasteiger charge is 2.40. The second-order valence-electron chi connectivity index (χ2n) is 7.33. The Morgan fingerprint density at radius 3 is 2.31 bits per heavy atom. The topological polar surface area (TPSA) is 30.5 Å². The molecule has 3 aromatic rings. The molecule has 1 atom stereocenters. The van der Waals surface area contributed by atoms with Crippen LogP contribution < -0.4 is 10.1 Å². The summed E-state index contributed by atoms with van der Waals surface area (Å²) in [5.74, 6) is -1.71. The second-order valence-corrected chi connectivity index (χ2v) is 7.33. The second kappa shape index (κ2) is 11.0. The summed E-state index contributed by atoms with van der Waals surface area (Å²) < 4.78 is 65.8. The number of anilines is 2. The Labute approximate surface area is 185 Å². The van der Waals surface area contributed by atoms with Crippen molar-refractivity contribution >= 4 is 11.4 Å². The minimum absolute atomic E-state index is 0.0754. The van der Waals surface area contributed by atoms with Gasteiger partial charge in [0.15, 0.2) is 0 Å². The summed E-state index contributed by atoms with van der Waals surface area (Å²) >= 11 is 0. The Balaban J connectivity index is 1.64. The van der Waals surface area contributed by atoms with Crippen molar-refractivity contribution < 1.29 is 27.0 Å². The first-order valence-corrected chi connectivity index (χ1v) is 10.3. The number of benzene rings is 3. The molecule has 170 valence electrons. The highest BCUT2D eigenvalue weighted by Crippen LogP contribution is 2.36. The van der Waals surface area contributed by atoms with Gasteiger partial charge in [-0.3, -0.25) is 0 Å². The lowest BCUT2D eigenvalue weighted by Gasteiger charge is -2.21. The van der Waals surface area contributed by atoms with Crippen LogP contribution in [0.5, 0.6) is 5.75 Å². The highest BCUT2D eigenvalue weighted by molar-refractivity contribution is 5.60. The molecule has 3 nitrogen and oxygen atoms in total. The van der Waals surface area contributed by atoms with Crippen molar-refractivity contribution in [1.82, 2.24) is 0 Å². The van der Waals surface area contributed by atoms with Gasteiger partial charge in [-0.05, 0) is 53.9 Å². The summed E-state index contributed by atoms with van der Waals surface area (Å²) in [4.78, 5) is 0.